The molecule has 5 heteroatoms. The molecule has 0 unspecified atom stereocenters. The number of carbonyl (C=O) groups excluding carboxylic acids is 1. The molecule has 1 aromatic rings. The first-order chi connectivity index (χ1) is 13.6. The van der Waals surface area contributed by atoms with E-state index in [-0.39, 0.29) is 18.2 Å². The first-order valence-electron chi connectivity index (χ1n) is 10.1. The molecular formula is C23H32O5. The molecule has 0 saturated heterocycles. The lowest BCUT2D eigenvalue weighted by Crippen LogP contribution is -2.28. The number of ether oxygens (including phenoxy) is 4. The number of benzene rings is 1. The van der Waals surface area contributed by atoms with Gasteiger partial charge < -0.3 is 18.9 Å². The van der Waals surface area contributed by atoms with Crippen LogP contribution in [0.25, 0.3) is 0 Å². The predicted octanol–water partition coefficient (Wildman–Crippen LogP) is 5.16. The summed E-state index contributed by atoms with van der Waals surface area (Å²) in [6.07, 6.45) is 7.37. The predicted molar refractivity (Wildman–Crippen MR) is 110 cm³/mol. The van der Waals surface area contributed by atoms with Gasteiger partial charge in [-0.3, -0.25) is 0 Å². The van der Waals surface area contributed by atoms with Crippen LogP contribution in [0.5, 0.6) is 11.5 Å². The number of hydrogen-bond acceptors (Lipinski definition) is 5. The molecule has 28 heavy (non-hydrogen) atoms. The van der Waals surface area contributed by atoms with Gasteiger partial charge in [0.1, 0.15) is 11.5 Å². The van der Waals surface area contributed by atoms with Gasteiger partial charge in [-0.1, -0.05) is 18.2 Å². The molecule has 0 bridgehead atoms. The van der Waals surface area contributed by atoms with Crippen molar-refractivity contribution in [2.24, 2.45) is 0 Å². The molecule has 1 aliphatic heterocycles. The number of hydrogen-bond donors (Lipinski definition) is 0. The molecule has 2 atom stereocenters. The zero-order valence-corrected chi connectivity index (χ0v) is 17.2. The van der Waals surface area contributed by atoms with E-state index >= 15 is 0 Å². The molecule has 0 radical (unpaired) electrons. The zero-order chi connectivity index (χ0) is 20.4. The van der Waals surface area contributed by atoms with E-state index in [1.807, 2.05) is 44.2 Å². The normalized spacial score (nSPS) is 18.8. The average molecular weight is 389 g/mol. The lowest BCUT2D eigenvalue weighted by Gasteiger charge is -2.32. The van der Waals surface area contributed by atoms with Crippen LogP contribution in [0.15, 0.2) is 42.5 Å². The van der Waals surface area contributed by atoms with Gasteiger partial charge in [-0.25, -0.2) is 4.79 Å². The summed E-state index contributed by atoms with van der Waals surface area (Å²) in [6, 6.07) is 5.84. The standard InChI is InChI=1S/C23H32O5/c1-5-8-11-17(23(24)27-7-3)12-9-13-18-16-21(26-6-2)28-20-15-10-14-19(25-4)22(18)20/h5,10,12,14-15,18,21H,1,6-9,11,13,16H2,2-4H3/b17-12+/t18-,21-/m1/s1. The van der Waals surface area contributed by atoms with E-state index in [1.165, 1.54) is 0 Å². The van der Waals surface area contributed by atoms with E-state index in [9.17, 15) is 4.79 Å². The molecule has 154 valence electrons. The maximum absolute atomic E-state index is 12.2. The number of esters is 1. The highest BCUT2D eigenvalue weighted by Gasteiger charge is 2.31. The van der Waals surface area contributed by atoms with Gasteiger partial charge in [0.05, 0.1) is 13.7 Å². The molecule has 0 saturated carbocycles. The second-order valence-corrected chi connectivity index (χ2v) is 6.66. The lowest BCUT2D eigenvalue weighted by atomic mass is 9.87. The topological polar surface area (TPSA) is 54.0 Å². The summed E-state index contributed by atoms with van der Waals surface area (Å²) in [4.78, 5) is 12.2. The van der Waals surface area contributed by atoms with Crippen molar-refractivity contribution >= 4 is 5.97 Å². The van der Waals surface area contributed by atoms with Gasteiger partial charge in [-0.15, -0.1) is 6.58 Å². The van der Waals surface area contributed by atoms with Gasteiger partial charge in [-0.2, -0.15) is 0 Å². The second kappa shape index (κ2) is 11.5. The summed E-state index contributed by atoms with van der Waals surface area (Å²) in [5.41, 5.74) is 1.80. The van der Waals surface area contributed by atoms with Crippen molar-refractivity contribution in [2.75, 3.05) is 20.3 Å². The minimum Gasteiger partial charge on any atom is -0.496 e. The summed E-state index contributed by atoms with van der Waals surface area (Å²) in [6.45, 7) is 8.51. The Kier molecular flexibility index (Phi) is 9.08. The minimum absolute atomic E-state index is 0.232. The van der Waals surface area contributed by atoms with Gasteiger partial charge >= 0.3 is 5.97 Å². The highest BCUT2D eigenvalue weighted by molar-refractivity contribution is 5.88. The maximum atomic E-state index is 12.2. The van der Waals surface area contributed by atoms with Crippen molar-refractivity contribution in [3.05, 3.63) is 48.1 Å². The molecule has 0 spiro atoms. The van der Waals surface area contributed by atoms with Crippen molar-refractivity contribution in [3.63, 3.8) is 0 Å². The van der Waals surface area contributed by atoms with Crippen molar-refractivity contribution in [3.8, 4) is 11.5 Å². The average Bonchev–Trinajstić information content (AvgIpc) is 2.70. The Morgan fingerprint density at radius 2 is 2.11 bits per heavy atom. The summed E-state index contributed by atoms with van der Waals surface area (Å²) in [5, 5.41) is 0. The van der Waals surface area contributed by atoms with E-state index in [4.69, 9.17) is 18.9 Å². The van der Waals surface area contributed by atoms with Crippen LogP contribution in [0.4, 0.5) is 0 Å². The highest BCUT2D eigenvalue weighted by atomic mass is 16.7. The van der Waals surface area contributed by atoms with Crippen LogP contribution in [-0.2, 0) is 14.3 Å². The third-order valence-corrected chi connectivity index (χ3v) is 4.80. The highest BCUT2D eigenvalue weighted by Crippen LogP contribution is 2.44. The molecule has 1 aliphatic rings. The number of methoxy groups -OCH3 is 1. The Hall–Kier alpha value is -2.27. The monoisotopic (exact) mass is 388 g/mol. The van der Waals surface area contributed by atoms with E-state index in [0.29, 0.717) is 19.6 Å². The third kappa shape index (κ3) is 5.86. The fraction of sp³-hybridized carbons (Fsp3) is 0.522. The Labute approximate surface area is 168 Å². The summed E-state index contributed by atoms with van der Waals surface area (Å²) in [7, 11) is 1.68. The van der Waals surface area contributed by atoms with Crippen LogP contribution in [0.3, 0.4) is 0 Å². The number of carbonyl (C=O) groups is 1. The molecule has 5 nitrogen and oxygen atoms in total. The molecule has 0 aliphatic carbocycles. The number of fused-ring (bicyclic) bond motifs is 1. The van der Waals surface area contributed by atoms with Gasteiger partial charge in [0.2, 0.25) is 0 Å². The molecule has 0 amide bonds. The van der Waals surface area contributed by atoms with Crippen molar-refractivity contribution in [2.45, 2.75) is 58.2 Å². The van der Waals surface area contributed by atoms with Crippen molar-refractivity contribution in [1.29, 1.82) is 0 Å². The Morgan fingerprint density at radius 1 is 1.29 bits per heavy atom. The zero-order valence-electron chi connectivity index (χ0n) is 17.2. The summed E-state index contributed by atoms with van der Waals surface area (Å²) >= 11 is 0. The smallest absolute Gasteiger partial charge is 0.333 e. The molecular weight excluding hydrogens is 356 g/mol. The van der Waals surface area contributed by atoms with E-state index in [1.54, 1.807) is 7.11 Å². The summed E-state index contributed by atoms with van der Waals surface area (Å²) < 4.78 is 22.5. The van der Waals surface area contributed by atoms with Crippen LogP contribution in [-0.4, -0.2) is 32.6 Å². The van der Waals surface area contributed by atoms with Crippen LogP contribution < -0.4 is 9.47 Å². The lowest BCUT2D eigenvalue weighted by molar-refractivity contribution is -0.138. The van der Waals surface area contributed by atoms with Crippen molar-refractivity contribution in [1.82, 2.24) is 0 Å². The minimum atomic E-state index is -0.260. The molecule has 0 aromatic heterocycles. The molecule has 1 heterocycles. The van der Waals surface area contributed by atoms with E-state index in [0.717, 1.165) is 48.3 Å². The molecule has 0 fully saturated rings. The molecule has 0 N–H and O–H groups in total. The fourth-order valence-electron chi connectivity index (χ4n) is 3.52. The van der Waals surface area contributed by atoms with Gasteiger partial charge in [0.15, 0.2) is 6.29 Å². The summed E-state index contributed by atoms with van der Waals surface area (Å²) in [5.74, 6) is 1.64. The SMILES string of the molecule is C=CCC/C(=C\CC[C@@H]1C[C@H](OCC)Oc2cccc(OC)c21)C(=O)OCC. The largest absolute Gasteiger partial charge is 0.496 e. The first-order valence-corrected chi connectivity index (χ1v) is 10.1. The van der Waals surface area contributed by atoms with E-state index < -0.39 is 0 Å². The van der Waals surface area contributed by atoms with Gasteiger partial charge in [0.25, 0.3) is 0 Å². The fourth-order valence-corrected chi connectivity index (χ4v) is 3.52. The van der Waals surface area contributed by atoms with Gasteiger partial charge in [-0.05, 0) is 57.6 Å². The number of rotatable bonds is 11. The number of allylic oxidation sites excluding steroid dienone is 2. The Morgan fingerprint density at radius 3 is 2.79 bits per heavy atom. The van der Waals surface area contributed by atoms with Crippen LogP contribution in [0, 0.1) is 0 Å². The quantitative estimate of drug-likeness (QED) is 0.298. The Balaban J connectivity index is 2.16. The third-order valence-electron chi connectivity index (χ3n) is 4.80. The van der Waals surface area contributed by atoms with Gasteiger partial charge in [0, 0.05) is 24.2 Å². The molecule has 2 rings (SSSR count). The van der Waals surface area contributed by atoms with Crippen LogP contribution in [0.2, 0.25) is 0 Å². The molecule has 1 aromatic carbocycles. The maximum Gasteiger partial charge on any atom is 0.333 e. The van der Waals surface area contributed by atoms with Crippen molar-refractivity contribution < 1.29 is 23.7 Å². The van der Waals surface area contributed by atoms with Crippen LogP contribution >= 0.6 is 0 Å². The second-order valence-electron chi connectivity index (χ2n) is 6.66. The van der Waals surface area contributed by atoms with Crippen LogP contribution in [0.1, 0.15) is 57.4 Å². The Bertz CT molecular complexity index is 680. The van der Waals surface area contributed by atoms with E-state index in [2.05, 4.69) is 6.58 Å². The first kappa shape index (κ1) is 22.0.